The van der Waals surface area contributed by atoms with Gasteiger partial charge in [-0.15, -0.1) is 0 Å². The summed E-state index contributed by atoms with van der Waals surface area (Å²) in [5.41, 5.74) is 1.28. The molecule has 0 aliphatic carbocycles. The number of likely N-dealkylation sites (tertiary alicyclic amines) is 1. The third-order valence-electron chi connectivity index (χ3n) is 4.60. The Kier molecular flexibility index (Phi) is 5.78. The van der Waals surface area contributed by atoms with Crippen LogP contribution in [0.15, 0.2) is 48.5 Å². The number of nitrogens with zero attached hydrogens (tertiary/aromatic N) is 1. The lowest BCUT2D eigenvalue weighted by Crippen LogP contribution is -2.41. The van der Waals surface area contributed by atoms with Gasteiger partial charge in [0.25, 0.3) is 5.91 Å². The number of para-hydroxylation sites is 1. The van der Waals surface area contributed by atoms with Gasteiger partial charge in [0.15, 0.2) is 0 Å². The molecule has 0 atom stereocenters. The number of ether oxygens (including phenoxy) is 1. The zero-order chi connectivity index (χ0) is 18.5. The first-order valence-corrected chi connectivity index (χ1v) is 8.95. The van der Waals surface area contributed by atoms with E-state index in [1.807, 2.05) is 12.1 Å². The fraction of sp³-hybridized carbons (Fsp3) is 0.300. The number of rotatable bonds is 4. The predicted octanol–water partition coefficient (Wildman–Crippen LogP) is 3.84. The van der Waals surface area contributed by atoms with Crippen molar-refractivity contribution >= 4 is 29.1 Å². The molecule has 2 aromatic carbocycles. The van der Waals surface area contributed by atoms with Crippen molar-refractivity contribution < 1.29 is 14.3 Å². The van der Waals surface area contributed by atoms with E-state index in [4.69, 9.17) is 16.3 Å². The van der Waals surface area contributed by atoms with E-state index < -0.39 is 0 Å². The van der Waals surface area contributed by atoms with Crippen LogP contribution >= 0.6 is 11.6 Å². The summed E-state index contributed by atoms with van der Waals surface area (Å²) in [4.78, 5) is 26.9. The molecule has 1 aliphatic heterocycles. The average molecular weight is 373 g/mol. The second-order valence-corrected chi connectivity index (χ2v) is 6.70. The zero-order valence-corrected chi connectivity index (χ0v) is 15.3. The van der Waals surface area contributed by atoms with Gasteiger partial charge in [0.2, 0.25) is 5.91 Å². The second-order valence-electron chi connectivity index (χ2n) is 6.26. The van der Waals surface area contributed by atoms with E-state index in [0.717, 1.165) is 5.69 Å². The highest BCUT2D eigenvalue weighted by Gasteiger charge is 2.28. The molecule has 0 saturated carbocycles. The van der Waals surface area contributed by atoms with Crippen LogP contribution in [-0.2, 0) is 4.79 Å². The summed E-state index contributed by atoms with van der Waals surface area (Å²) < 4.78 is 5.27. The van der Waals surface area contributed by atoms with Crippen LogP contribution in [0.1, 0.15) is 23.2 Å². The Hall–Kier alpha value is -2.53. The van der Waals surface area contributed by atoms with Crippen LogP contribution in [0.2, 0.25) is 5.02 Å². The number of hydrogen-bond donors (Lipinski definition) is 1. The molecule has 3 rings (SSSR count). The number of halogens is 1. The Bertz CT molecular complexity index is 784. The molecule has 1 saturated heterocycles. The molecule has 1 fully saturated rings. The summed E-state index contributed by atoms with van der Waals surface area (Å²) in [5.74, 6) is 0.392. The zero-order valence-electron chi connectivity index (χ0n) is 14.6. The lowest BCUT2D eigenvalue weighted by molar-refractivity contribution is -0.121. The number of benzene rings is 2. The first kappa shape index (κ1) is 18.3. The van der Waals surface area contributed by atoms with Gasteiger partial charge in [-0.05, 0) is 49.2 Å². The number of methoxy groups -OCH3 is 1. The van der Waals surface area contributed by atoms with Crippen LogP contribution < -0.4 is 10.1 Å². The largest absolute Gasteiger partial charge is 0.496 e. The van der Waals surface area contributed by atoms with Gasteiger partial charge in [0.05, 0.1) is 12.7 Å². The molecule has 1 N–H and O–H groups in total. The van der Waals surface area contributed by atoms with Gasteiger partial charge in [-0.25, -0.2) is 0 Å². The van der Waals surface area contributed by atoms with E-state index in [1.54, 1.807) is 48.4 Å². The Balaban J connectivity index is 1.57. The highest BCUT2D eigenvalue weighted by atomic mass is 35.5. The monoisotopic (exact) mass is 372 g/mol. The summed E-state index contributed by atoms with van der Waals surface area (Å²) in [6.07, 6.45) is 1.28. The topological polar surface area (TPSA) is 58.6 Å². The fourth-order valence-electron chi connectivity index (χ4n) is 3.11. The minimum absolute atomic E-state index is 0.0169. The second kappa shape index (κ2) is 8.23. The van der Waals surface area contributed by atoms with E-state index in [9.17, 15) is 9.59 Å². The van der Waals surface area contributed by atoms with Gasteiger partial charge in [-0.1, -0.05) is 23.7 Å². The Labute approximate surface area is 157 Å². The van der Waals surface area contributed by atoms with Crippen molar-refractivity contribution in [2.24, 2.45) is 5.92 Å². The molecule has 2 aromatic rings. The Morgan fingerprint density at radius 1 is 1.08 bits per heavy atom. The minimum Gasteiger partial charge on any atom is -0.496 e. The molecular formula is C20H21ClN2O3. The molecule has 26 heavy (non-hydrogen) atoms. The van der Waals surface area contributed by atoms with E-state index in [1.165, 1.54) is 0 Å². The maximum Gasteiger partial charge on any atom is 0.257 e. The van der Waals surface area contributed by atoms with E-state index in [0.29, 0.717) is 42.3 Å². The van der Waals surface area contributed by atoms with Gasteiger partial charge in [0.1, 0.15) is 5.75 Å². The van der Waals surface area contributed by atoms with Crippen molar-refractivity contribution in [2.45, 2.75) is 12.8 Å². The van der Waals surface area contributed by atoms with Crippen LogP contribution in [0.4, 0.5) is 5.69 Å². The van der Waals surface area contributed by atoms with Crippen LogP contribution in [0.5, 0.6) is 5.75 Å². The number of anilines is 1. The van der Waals surface area contributed by atoms with Crippen LogP contribution in [-0.4, -0.2) is 36.9 Å². The molecule has 0 bridgehead atoms. The van der Waals surface area contributed by atoms with Crippen LogP contribution in [0.3, 0.4) is 0 Å². The van der Waals surface area contributed by atoms with Crippen molar-refractivity contribution in [1.29, 1.82) is 0 Å². The van der Waals surface area contributed by atoms with Crippen LogP contribution in [0.25, 0.3) is 0 Å². The highest BCUT2D eigenvalue weighted by Crippen LogP contribution is 2.24. The van der Waals surface area contributed by atoms with Gasteiger partial charge in [0, 0.05) is 29.7 Å². The standard InChI is InChI=1S/C20H21ClN2O3/c1-26-18-5-3-2-4-17(18)20(25)23-12-10-14(11-13-23)19(24)22-16-8-6-15(21)7-9-16/h2-9,14H,10-13H2,1H3,(H,22,24). The number of nitrogens with one attached hydrogen (secondary N) is 1. The molecule has 1 heterocycles. The van der Waals surface area contributed by atoms with Crippen molar-refractivity contribution in [3.05, 3.63) is 59.1 Å². The summed E-state index contributed by atoms with van der Waals surface area (Å²) >= 11 is 5.86. The summed E-state index contributed by atoms with van der Waals surface area (Å²) in [6, 6.07) is 14.2. The lowest BCUT2D eigenvalue weighted by Gasteiger charge is -2.31. The van der Waals surface area contributed by atoms with Crippen molar-refractivity contribution in [3.63, 3.8) is 0 Å². The maximum absolute atomic E-state index is 12.7. The molecule has 6 heteroatoms. The third-order valence-corrected chi connectivity index (χ3v) is 4.85. The molecule has 0 radical (unpaired) electrons. The smallest absolute Gasteiger partial charge is 0.257 e. The molecule has 1 aliphatic rings. The van der Waals surface area contributed by atoms with E-state index in [2.05, 4.69) is 5.32 Å². The molecular weight excluding hydrogens is 352 g/mol. The molecule has 136 valence electrons. The van der Waals surface area contributed by atoms with Crippen LogP contribution in [0, 0.1) is 5.92 Å². The molecule has 5 nitrogen and oxygen atoms in total. The highest BCUT2D eigenvalue weighted by molar-refractivity contribution is 6.30. The molecule has 2 amide bonds. The maximum atomic E-state index is 12.7. The van der Waals surface area contributed by atoms with E-state index >= 15 is 0 Å². The number of piperidine rings is 1. The number of amides is 2. The minimum atomic E-state index is -0.104. The Morgan fingerprint density at radius 3 is 2.38 bits per heavy atom. The number of carbonyl (C=O) groups excluding carboxylic acids is 2. The summed E-state index contributed by atoms with van der Waals surface area (Å²) in [6.45, 7) is 1.10. The lowest BCUT2D eigenvalue weighted by atomic mass is 9.95. The Morgan fingerprint density at radius 2 is 1.73 bits per heavy atom. The first-order valence-electron chi connectivity index (χ1n) is 8.57. The van der Waals surface area contributed by atoms with E-state index in [-0.39, 0.29) is 17.7 Å². The number of hydrogen-bond acceptors (Lipinski definition) is 3. The number of carbonyl (C=O) groups is 2. The van der Waals surface area contributed by atoms with Gasteiger partial charge in [-0.3, -0.25) is 9.59 Å². The average Bonchev–Trinajstić information content (AvgIpc) is 2.69. The quantitative estimate of drug-likeness (QED) is 0.887. The van der Waals surface area contributed by atoms with Crippen molar-refractivity contribution in [1.82, 2.24) is 4.90 Å². The summed E-state index contributed by atoms with van der Waals surface area (Å²) in [7, 11) is 1.56. The fourth-order valence-corrected chi connectivity index (χ4v) is 3.24. The van der Waals surface area contributed by atoms with Crippen molar-refractivity contribution in [2.75, 3.05) is 25.5 Å². The molecule has 0 unspecified atom stereocenters. The van der Waals surface area contributed by atoms with Gasteiger partial charge >= 0.3 is 0 Å². The summed E-state index contributed by atoms with van der Waals surface area (Å²) in [5, 5.41) is 3.54. The first-order chi connectivity index (χ1) is 12.6. The van der Waals surface area contributed by atoms with Gasteiger partial charge in [-0.2, -0.15) is 0 Å². The molecule has 0 aromatic heterocycles. The molecule has 0 spiro atoms. The third kappa shape index (κ3) is 4.17. The predicted molar refractivity (Wildman–Crippen MR) is 102 cm³/mol. The van der Waals surface area contributed by atoms with Crippen molar-refractivity contribution in [3.8, 4) is 5.75 Å². The SMILES string of the molecule is COc1ccccc1C(=O)N1CCC(C(=O)Nc2ccc(Cl)cc2)CC1. The normalized spacial score (nSPS) is 14.8. The van der Waals surface area contributed by atoms with Gasteiger partial charge < -0.3 is 15.0 Å².